The lowest BCUT2D eigenvalue weighted by Gasteiger charge is -2.15. The van der Waals surface area contributed by atoms with Gasteiger partial charge >= 0.3 is 0 Å². The van der Waals surface area contributed by atoms with Gasteiger partial charge in [0, 0.05) is 23.7 Å². The summed E-state index contributed by atoms with van der Waals surface area (Å²) >= 11 is 1.54. The quantitative estimate of drug-likeness (QED) is 0.695. The molecule has 4 nitrogen and oxygen atoms in total. The summed E-state index contributed by atoms with van der Waals surface area (Å²) in [6.07, 6.45) is 4.37. The van der Waals surface area contributed by atoms with Crippen LogP contribution in [0.3, 0.4) is 0 Å². The van der Waals surface area contributed by atoms with Crippen molar-refractivity contribution in [3.8, 4) is 11.1 Å². The van der Waals surface area contributed by atoms with Crippen LogP contribution in [0.2, 0.25) is 0 Å². The van der Waals surface area contributed by atoms with Crippen LogP contribution >= 0.6 is 11.3 Å². The van der Waals surface area contributed by atoms with E-state index in [2.05, 4.69) is 39.5 Å². The van der Waals surface area contributed by atoms with E-state index in [0.29, 0.717) is 12.1 Å². The van der Waals surface area contributed by atoms with Crippen molar-refractivity contribution in [3.63, 3.8) is 0 Å². The SMILES string of the molecule is O=C(NCc1nccs1)c1ccc(-c2cccc(CN3CCCC3)c2)cc1. The van der Waals surface area contributed by atoms with Gasteiger partial charge in [-0.3, -0.25) is 9.69 Å². The fourth-order valence-corrected chi connectivity index (χ4v) is 4.02. The lowest BCUT2D eigenvalue weighted by molar-refractivity contribution is 0.0951. The van der Waals surface area contributed by atoms with Crippen molar-refractivity contribution >= 4 is 17.2 Å². The average molecular weight is 378 g/mol. The molecule has 0 spiro atoms. The number of carbonyl (C=O) groups excluding carboxylic acids is 1. The monoisotopic (exact) mass is 377 g/mol. The molecule has 0 radical (unpaired) electrons. The Hall–Kier alpha value is -2.50. The van der Waals surface area contributed by atoms with Crippen LogP contribution in [-0.4, -0.2) is 28.9 Å². The highest BCUT2D eigenvalue weighted by molar-refractivity contribution is 7.09. The smallest absolute Gasteiger partial charge is 0.251 e. The molecule has 1 saturated heterocycles. The predicted molar refractivity (Wildman–Crippen MR) is 110 cm³/mol. The average Bonchev–Trinajstić information content (AvgIpc) is 3.41. The molecule has 138 valence electrons. The van der Waals surface area contributed by atoms with Crippen LogP contribution in [0, 0.1) is 0 Å². The molecule has 5 heteroatoms. The van der Waals surface area contributed by atoms with Crippen molar-refractivity contribution in [3.05, 3.63) is 76.2 Å². The van der Waals surface area contributed by atoms with E-state index in [-0.39, 0.29) is 5.91 Å². The summed E-state index contributed by atoms with van der Waals surface area (Å²) in [6, 6.07) is 16.5. The second-order valence-corrected chi connectivity index (χ2v) is 7.85. The van der Waals surface area contributed by atoms with Crippen LogP contribution in [0.15, 0.2) is 60.1 Å². The van der Waals surface area contributed by atoms with Gasteiger partial charge < -0.3 is 5.32 Å². The molecule has 27 heavy (non-hydrogen) atoms. The number of rotatable bonds is 6. The lowest BCUT2D eigenvalue weighted by atomic mass is 10.0. The number of aromatic nitrogens is 1. The van der Waals surface area contributed by atoms with Crippen molar-refractivity contribution < 1.29 is 4.79 Å². The summed E-state index contributed by atoms with van der Waals surface area (Å²) in [5.41, 5.74) is 4.35. The molecule has 0 aliphatic carbocycles. The van der Waals surface area contributed by atoms with Crippen LogP contribution < -0.4 is 5.32 Å². The molecule has 0 atom stereocenters. The highest BCUT2D eigenvalue weighted by Gasteiger charge is 2.12. The molecule has 0 saturated carbocycles. The largest absolute Gasteiger partial charge is 0.346 e. The third-order valence-electron chi connectivity index (χ3n) is 4.90. The summed E-state index contributed by atoms with van der Waals surface area (Å²) in [7, 11) is 0. The molecule has 3 aromatic rings. The van der Waals surface area contributed by atoms with Crippen molar-refractivity contribution in [2.24, 2.45) is 0 Å². The maximum atomic E-state index is 12.3. The number of hydrogen-bond donors (Lipinski definition) is 1. The molecule has 1 N–H and O–H groups in total. The van der Waals surface area contributed by atoms with E-state index in [4.69, 9.17) is 0 Å². The Morgan fingerprint density at radius 2 is 1.89 bits per heavy atom. The highest BCUT2D eigenvalue weighted by Crippen LogP contribution is 2.22. The second kappa shape index (κ2) is 8.46. The van der Waals surface area contributed by atoms with E-state index < -0.39 is 0 Å². The van der Waals surface area contributed by atoms with Gasteiger partial charge in [0.2, 0.25) is 0 Å². The maximum Gasteiger partial charge on any atom is 0.251 e. The number of hydrogen-bond acceptors (Lipinski definition) is 4. The fourth-order valence-electron chi connectivity index (χ4n) is 3.46. The number of thiazole rings is 1. The van der Waals surface area contributed by atoms with E-state index in [9.17, 15) is 4.79 Å². The molecular formula is C22H23N3OS. The summed E-state index contributed by atoms with van der Waals surface area (Å²) in [4.78, 5) is 19.0. The first kappa shape index (κ1) is 17.9. The second-order valence-electron chi connectivity index (χ2n) is 6.87. The first-order chi connectivity index (χ1) is 13.3. The van der Waals surface area contributed by atoms with E-state index in [1.807, 2.05) is 29.6 Å². The first-order valence-corrected chi connectivity index (χ1v) is 10.2. The fraction of sp³-hybridized carbons (Fsp3) is 0.273. The third kappa shape index (κ3) is 4.62. The summed E-state index contributed by atoms with van der Waals surface area (Å²) < 4.78 is 0. The normalized spacial score (nSPS) is 14.4. The van der Waals surface area contributed by atoms with E-state index in [0.717, 1.165) is 17.1 Å². The summed E-state index contributed by atoms with van der Waals surface area (Å²) in [6.45, 7) is 3.89. The Bertz CT molecular complexity index is 884. The molecule has 1 aliphatic heterocycles. The van der Waals surface area contributed by atoms with Crippen LogP contribution in [0.1, 0.15) is 33.8 Å². The summed E-state index contributed by atoms with van der Waals surface area (Å²) in [5, 5.41) is 5.74. The van der Waals surface area contributed by atoms with Crippen LogP contribution in [0.5, 0.6) is 0 Å². The maximum absolute atomic E-state index is 12.3. The Kier molecular flexibility index (Phi) is 5.61. The summed E-state index contributed by atoms with van der Waals surface area (Å²) in [5.74, 6) is -0.0699. The minimum absolute atomic E-state index is 0.0699. The molecule has 2 heterocycles. The zero-order chi connectivity index (χ0) is 18.5. The highest BCUT2D eigenvalue weighted by atomic mass is 32.1. The van der Waals surface area contributed by atoms with E-state index in [1.54, 1.807) is 17.5 Å². The number of nitrogens with one attached hydrogen (secondary N) is 1. The van der Waals surface area contributed by atoms with Gasteiger partial charge in [-0.2, -0.15) is 0 Å². The van der Waals surface area contributed by atoms with Gasteiger partial charge in [-0.1, -0.05) is 30.3 Å². The van der Waals surface area contributed by atoms with Crippen molar-refractivity contribution in [2.45, 2.75) is 25.9 Å². The van der Waals surface area contributed by atoms with E-state index in [1.165, 1.54) is 37.1 Å². The zero-order valence-electron chi connectivity index (χ0n) is 15.2. The number of nitrogens with zero attached hydrogens (tertiary/aromatic N) is 2. The molecular weight excluding hydrogens is 354 g/mol. The van der Waals surface area contributed by atoms with Gasteiger partial charge in [0.15, 0.2) is 0 Å². The van der Waals surface area contributed by atoms with Gasteiger partial charge in [-0.25, -0.2) is 4.98 Å². The molecule has 1 aliphatic rings. The topological polar surface area (TPSA) is 45.2 Å². The van der Waals surface area contributed by atoms with Crippen LogP contribution in [0.4, 0.5) is 0 Å². The van der Waals surface area contributed by atoms with Crippen molar-refractivity contribution in [1.82, 2.24) is 15.2 Å². The Morgan fingerprint density at radius 3 is 2.63 bits per heavy atom. The number of likely N-dealkylation sites (tertiary alicyclic amines) is 1. The zero-order valence-corrected chi connectivity index (χ0v) is 16.0. The Morgan fingerprint density at radius 1 is 1.07 bits per heavy atom. The van der Waals surface area contributed by atoms with Crippen LogP contribution in [-0.2, 0) is 13.1 Å². The van der Waals surface area contributed by atoms with Crippen molar-refractivity contribution in [2.75, 3.05) is 13.1 Å². The first-order valence-electron chi connectivity index (χ1n) is 9.36. The molecule has 0 bridgehead atoms. The minimum Gasteiger partial charge on any atom is -0.346 e. The number of carbonyl (C=O) groups is 1. The minimum atomic E-state index is -0.0699. The molecule has 2 aromatic carbocycles. The van der Waals surface area contributed by atoms with Gasteiger partial charge in [0.05, 0.1) is 6.54 Å². The molecule has 1 aromatic heterocycles. The lowest BCUT2D eigenvalue weighted by Crippen LogP contribution is -2.22. The van der Waals surface area contributed by atoms with Gasteiger partial charge in [-0.05, 0) is 60.8 Å². The Labute approximate surface area is 163 Å². The standard InChI is InChI=1S/C22H23N3OS/c26-22(24-15-21-23-10-13-27-21)19-8-6-18(7-9-19)20-5-3-4-17(14-20)16-25-11-1-2-12-25/h3-10,13-14H,1-2,11-12,15-16H2,(H,24,26). The van der Waals surface area contributed by atoms with Crippen LogP contribution in [0.25, 0.3) is 11.1 Å². The molecule has 1 fully saturated rings. The number of amides is 1. The van der Waals surface area contributed by atoms with E-state index >= 15 is 0 Å². The van der Waals surface area contributed by atoms with Gasteiger partial charge in [0.1, 0.15) is 5.01 Å². The Balaban J connectivity index is 1.41. The van der Waals surface area contributed by atoms with Gasteiger partial charge in [0.25, 0.3) is 5.91 Å². The van der Waals surface area contributed by atoms with Crippen molar-refractivity contribution in [1.29, 1.82) is 0 Å². The van der Waals surface area contributed by atoms with Gasteiger partial charge in [-0.15, -0.1) is 11.3 Å². The third-order valence-corrected chi connectivity index (χ3v) is 5.68. The predicted octanol–water partition coefficient (Wildman–Crippen LogP) is 4.34. The molecule has 1 amide bonds. The number of benzene rings is 2. The molecule has 0 unspecified atom stereocenters. The molecule has 4 rings (SSSR count).